The van der Waals surface area contributed by atoms with Crippen LogP contribution in [0.15, 0.2) is 58.7 Å². The van der Waals surface area contributed by atoms with E-state index in [1.807, 2.05) is 38.4 Å². The van der Waals surface area contributed by atoms with E-state index in [9.17, 15) is 0 Å². The third-order valence-electron chi connectivity index (χ3n) is 3.36. The third kappa shape index (κ3) is 2.95. The van der Waals surface area contributed by atoms with Crippen LogP contribution in [0.3, 0.4) is 0 Å². The predicted molar refractivity (Wildman–Crippen MR) is 81.1 cm³/mol. The molecular formula is C16H22N2. The molecule has 96 valence electrons. The molecule has 0 saturated heterocycles. The maximum atomic E-state index is 4.21. The number of hydrogen-bond donors (Lipinski definition) is 0. The maximum Gasteiger partial charge on any atom is 0.114 e. The van der Waals surface area contributed by atoms with Crippen LogP contribution in [0.2, 0.25) is 0 Å². The van der Waals surface area contributed by atoms with E-state index in [4.69, 9.17) is 0 Å². The van der Waals surface area contributed by atoms with E-state index in [-0.39, 0.29) is 10.8 Å². The molecule has 0 aromatic heterocycles. The van der Waals surface area contributed by atoms with Gasteiger partial charge in [-0.1, -0.05) is 63.3 Å². The summed E-state index contributed by atoms with van der Waals surface area (Å²) in [6.45, 7) is 8.37. The van der Waals surface area contributed by atoms with E-state index in [2.05, 4.69) is 54.2 Å². The second-order valence-electron chi connectivity index (χ2n) is 4.53. The molecule has 18 heavy (non-hydrogen) atoms. The van der Waals surface area contributed by atoms with Crippen molar-refractivity contribution >= 4 is 12.6 Å². The highest BCUT2D eigenvalue weighted by atomic mass is 14.9. The van der Waals surface area contributed by atoms with Crippen molar-refractivity contribution in [1.82, 2.24) is 0 Å². The summed E-state index contributed by atoms with van der Waals surface area (Å²) < 4.78 is 0. The summed E-state index contributed by atoms with van der Waals surface area (Å²) in [6, 6.07) is 0. The number of aliphatic imine (C=N–C) groups is 2. The topological polar surface area (TPSA) is 24.7 Å². The van der Waals surface area contributed by atoms with Gasteiger partial charge in [0.05, 0.1) is 0 Å². The molecule has 1 unspecified atom stereocenters. The van der Waals surface area contributed by atoms with Crippen molar-refractivity contribution in [3.63, 3.8) is 0 Å². The lowest BCUT2D eigenvalue weighted by molar-refractivity contribution is 0.352. The van der Waals surface area contributed by atoms with Crippen LogP contribution in [-0.4, -0.2) is 12.6 Å². The van der Waals surface area contributed by atoms with E-state index in [0.29, 0.717) is 0 Å². The Morgan fingerprint density at radius 1 is 0.722 bits per heavy atom. The Morgan fingerprint density at radius 3 is 1.94 bits per heavy atom. The molecule has 2 rings (SSSR count). The second-order valence-corrected chi connectivity index (χ2v) is 4.53. The number of hydrogen-bond acceptors (Lipinski definition) is 2. The van der Waals surface area contributed by atoms with Gasteiger partial charge >= 0.3 is 0 Å². The van der Waals surface area contributed by atoms with Gasteiger partial charge in [-0.25, -0.2) is 9.98 Å². The number of nitrogens with zero attached hydrogens (tertiary/aromatic N) is 2. The van der Waals surface area contributed by atoms with E-state index in [1.54, 1.807) is 6.34 Å². The maximum absolute atomic E-state index is 4.21. The van der Waals surface area contributed by atoms with Gasteiger partial charge in [-0.15, -0.1) is 0 Å². The SMILES string of the molecule is CC.CC1(C2(C)C=CN=CN=C2)C=CC=CC=C1. The molecule has 1 aliphatic heterocycles. The minimum absolute atomic E-state index is 0.0792. The third-order valence-corrected chi connectivity index (χ3v) is 3.36. The van der Waals surface area contributed by atoms with Crippen LogP contribution in [-0.2, 0) is 0 Å². The van der Waals surface area contributed by atoms with Gasteiger partial charge in [0.25, 0.3) is 0 Å². The normalized spacial score (nSPS) is 27.3. The molecule has 2 aliphatic rings. The molecule has 0 spiro atoms. The fourth-order valence-electron chi connectivity index (χ4n) is 1.88. The molecule has 0 radical (unpaired) electrons. The van der Waals surface area contributed by atoms with Crippen molar-refractivity contribution in [2.45, 2.75) is 27.7 Å². The zero-order chi connectivity index (χ0) is 13.5. The standard InChI is InChI=1S/C14H16N2.C2H6/c1-13(7-5-3-4-6-8-13)14(2)9-10-15-12-16-11-14;1-2/h3-12H,1-2H3;1-2H3. The van der Waals surface area contributed by atoms with Gasteiger partial charge < -0.3 is 0 Å². The zero-order valence-electron chi connectivity index (χ0n) is 11.7. The highest BCUT2D eigenvalue weighted by Crippen LogP contribution is 2.42. The minimum atomic E-state index is -0.150. The van der Waals surface area contributed by atoms with Gasteiger partial charge in [-0.3, -0.25) is 0 Å². The van der Waals surface area contributed by atoms with Crippen molar-refractivity contribution in [3.8, 4) is 0 Å². The summed E-state index contributed by atoms with van der Waals surface area (Å²) in [7, 11) is 0. The zero-order valence-corrected chi connectivity index (χ0v) is 11.7. The van der Waals surface area contributed by atoms with Gasteiger partial charge in [-0.2, -0.15) is 0 Å². The molecule has 0 N–H and O–H groups in total. The smallest absolute Gasteiger partial charge is 0.114 e. The van der Waals surface area contributed by atoms with Crippen LogP contribution in [0.5, 0.6) is 0 Å². The molecule has 0 bridgehead atoms. The largest absolute Gasteiger partial charge is 0.248 e. The predicted octanol–water partition coefficient (Wildman–Crippen LogP) is 4.33. The van der Waals surface area contributed by atoms with Crippen LogP contribution in [0.4, 0.5) is 0 Å². The molecule has 0 saturated carbocycles. The van der Waals surface area contributed by atoms with Crippen molar-refractivity contribution in [2.24, 2.45) is 20.8 Å². The van der Waals surface area contributed by atoms with Gasteiger partial charge in [0.15, 0.2) is 0 Å². The first-order valence-electron chi connectivity index (χ1n) is 6.44. The van der Waals surface area contributed by atoms with Crippen molar-refractivity contribution in [2.75, 3.05) is 0 Å². The Kier molecular flexibility index (Phi) is 5.02. The molecule has 0 fully saturated rings. The molecule has 1 atom stereocenters. The average molecular weight is 242 g/mol. The van der Waals surface area contributed by atoms with Gasteiger partial charge in [-0.05, 0) is 6.92 Å². The molecule has 2 nitrogen and oxygen atoms in total. The monoisotopic (exact) mass is 242 g/mol. The van der Waals surface area contributed by atoms with Crippen LogP contribution in [0, 0.1) is 10.8 Å². The van der Waals surface area contributed by atoms with Crippen molar-refractivity contribution in [1.29, 1.82) is 0 Å². The highest BCUT2D eigenvalue weighted by molar-refractivity contribution is 5.80. The fraction of sp³-hybridized carbons (Fsp3) is 0.375. The summed E-state index contributed by atoms with van der Waals surface area (Å²) >= 11 is 0. The van der Waals surface area contributed by atoms with Crippen LogP contribution >= 0.6 is 0 Å². The van der Waals surface area contributed by atoms with Crippen LogP contribution in [0.25, 0.3) is 0 Å². The van der Waals surface area contributed by atoms with E-state index < -0.39 is 0 Å². The quantitative estimate of drug-likeness (QED) is 0.653. The Morgan fingerprint density at radius 2 is 1.33 bits per heavy atom. The molecule has 0 aromatic rings. The number of rotatable bonds is 1. The summed E-state index contributed by atoms with van der Waals surface area (Å²) in [4.78, 5) is 8.26. The first kappa shape index (κ1) is 14.4. The minimum Gasteiger partial charge on any atom is -0.248 e. The van der Waals surface area contributed by atoms with Crippen LogP contribution < -0.4 is 0 Å². The lowest BCUT2D eigenvalue weighted by atomic mass is 9.66. The van der Waals surface area contributed by atoms with E-state index >= 15 is 0 Å². The van der Waals surface area contributed by atoms with E-state index in [0.717, 1.165) is 0 Å². The van der Waals surface area contributed by atoms with Gasteiger partial charge in [0.1, 0.15) is 6.34 Å². The average Bonchev–Trinajstić information content (AvgIpc) is 2.74. The Labute approximate surface area is 110 Å². The highest BCUT2D eigenvalue weighted by Gasteiger charge is 2.38. The molecule has 1 heterocycles. The second kappa shape index (κ2) is 6.29. The molecule has 2 heteroatoms. The lowest BCUT2D eigenvalue weighted by Crippen LogP contribution is -2.34. The van der Waals surface area contributed by atoms with E-state index in [1.165, 1.54) is 0 Å². The number of allylic oxidation sites excluding steroid dienone is 7. The van der Waals surface area contributed by atoms with Crippen molar-refractivity contribution in [3.05, 3.63) is 48.7 Å². The first-order valence-corrected chi connectivity index (χ1v) is 6.44. The summed E-state index contributed by atoms with van der Waals surface area (Å²) in [5.74, 6) is 0. The molecule has 1 aliphatic carbocycles. The Hall–Kier alpha value is -1.70. The fourth-order valence-corrected chi connectivity index (χ4v) is 1.88. The van der Waals surface area contributed by atoms with Crippen LogP contribution in [0.1, 0.15) is 27.7 Å². The Balaban J connectivity index is 0.000000771. The van der Waals surface area contributed by atoms with Gasteiger partial charge in [0, 0.05) is 23.2 Å². The van der Waals surface area contributed by atoms with Gasteiger partial charge in [0.2, 0.25) is 0 Å². The Bertz CT molecular complexity index is 360. The summed E-state index contributed by atoms with van der Waals surface area (Å²) in [5.41, 5.74) is -0.229. The lowest BCUT2D eigenvalue weighted by Gasteiger charge is -2.37. The summed E-state index contributed by atoms with van der Waals surface area (Å²) in [6.07, 6.45) is 20.1. The first-order chi connectivity index (χ1) is 8.66. The van der Waals surface area contributed by atoms with Crippen molar-refractivity contribution < 1.29 is 0 Å². The molecule has 0 amide bonds. The molecule has 0 aromatic carbocycles. The molecular weight excluding hydrogens is 220 g/mol. The summed E-state index contributed by atoms with van der Waals surface area (Å²) in [5, 5.41) is 0.